The van der Waals surface area contributed by atoms with Crippen molar-refractivity contribution in [3.05, 3.63) is 61.2 Å². The number of nitrogens with zero attached hydrogens (tertiary/aromatic N) is 4. The van der Waals surface area contributed by atoms with Gasteiger partial charge in [-0.2, -0.15) is 0 Å². The Bertz CT molecular complexity index is 805. The first-order chi connectivity index (χ1) is 12.9. The number of aryl methyl sites for hydroxylation is 1. The van der Waals surface area contributed by atoms with Gasteiger partial charge in [0.05, 0.1) is 17.7 Å². The minimum atomic E-state index is 0.998. The van der Waals surface area contributed by atoms with Gasteiger partial charge in [0.25, 0.3) is 0 Å². The molecule has 0 spiro atoms. The Kier molecular flexibility index (Phi) is 5.41. The number of benzene rings is 1. The number of rotatable bonds is 7. The van der Waals surface area contributed by atoms with Crippen LogP contribution in [0.25, 0.3) is 22.5 Å². The molecule has 1 fully saturated rings. The van der Waals surface area contributed by atoms with E-state index in [0.29, 0.717) is 0 Å². The molecule has 3 heterocycles. The summed E-state index contributed by atoms with van der Waals surface area (Å²) in [7, 11) is 0. The lowest BCUT2D eigenvalue weighted by atomic mass is 10.1. The molecule has 1 aliphatic heterocycles. The van der Waals surface area contributed by atoms with E-state index in [4.69, 9.17) is 4.98 Å². The summed E-state index contributed by atoms with van der Waals surface area (Å²) in [6.45, 7) is 4.79. The smallest absolute Gasteiger partial charge is 0.0963 e. The molecule has 2 aromatic heterocycles. The van der Waals surface area contributed by atoms with Crippen LogP contribution in [-0.2, 0) is 6.54 Å². The average molecular weight is 346 g/mol. The Labute approximate surface area is 155 Å². The number of hydrogen-bond acceptors (Lipinski definition) is 3. The van der Waals surface area contributed by atoms with Crippen molar-refractivity contribution in [3.63, 3.8) is 0 Å². The zero-order chi connectivity index (χ0) is 17.6. The number of aromatic nitrogens is 3. The highest BCUT2D eigenvalue weighted by molar-refractivity contribution is 5.78. The Morgan fingerprint density at radius 1 is 0.846 bits per heavy atom. The first kappa shape index (κ1) is 17.0. The van der Waals surface area contributed by atoms with Gasteiger partial charge in [-0.25, -0.2) is 4.98 Å². The van der Waals surface area contributed by atoms with Crippen molar-refractivity contribution < 1.29 is 0 Å². The maximum Gasteiger partial charge on any atom is 0.0963 e. The zero-order valence-electron chi connectivity index (χ0n) is 15.2. The summed E-state index contributed by atoms with van der Waals surface area (Å²) in [6, 6.07) is 14.5. The molecule has 4 rings (SSSR count). The molecule has 0 radical (unpaired) electrons. The van der Waals surface area contributed by atoms with Crippen LogP contribution in [0.3, 0.4) is 0 Å². The monoisotopic (exact) mass is 346 g/mol. The Hall–Kier alpha value is -2.46. The molecule has 26 heavy (non-hydrogen) atoms. The standard InChI is InChI=1S/C22H26N4/c1-2-9-19(10-3-1)21-22(20-11-8-12-23-17-20)26(18-24-21)16-7-6-15-25-13-4-5-14-25/h1-3,8-12,17-18H,4-7,13-16H2. The van der Waals surface area contributed by atoms with Crippen molar-refractivity contribution in [2.45, 2.75) is 32.2 Å². The third-order valence-corrected chi connectivity index (χ3v) is 5.14. The topological polar surface area (TPSA) is 34.0 Å². The molecule has 0 saturated carbocycles. The average Bonchev–Trinajstić information content (AvgIpc) is 3.36. The Balaban J connectivity index is 1.53. The predicted molar refractivity (Wildman–Crippen MR) is 106 cm³/mol. The second kappa shape index (κ2) is 8.28. The van der Waals surface area contributed by atoms with Gasteiger partial charge in [0.1, 0.15) is 0 Å². The lowest BCUT2D eigenvalue weighted by Gasteiger charge is -2.15. The van der Waals surface area contributed by atoms with Crippen LogP contribution < -0.4 is 0 Å². The van der Waals surface area contributed by atoms with Crippen LogP contribution in [0.2, 0.25) is 0 Å². The van der Waals surface area contributed by atoms with Gasteiger partial charge in [0, 0.05) is 30.1 Å². The Morgan fingerprint density at radius 2 is 1.62 bits per heavy atom. The van der Waals surface area contributed by atoms with Crippen LogP contribution in [0.15, 0.2) is 61.2 Å². The van der Waals surface area contributed by atoms with Crippen molar-refractivity contribution in [1.29, 1.82) is 0 Å². The van der Waals surface area contributed by atoms with E-state index < -0.39 is 0 Å². The molecule has 0 amide bonds. The van der Waals surface area contributed by atoms with E-state index in [-0.39, 0.29) is 0 Å². The van der Waals surface area contributed by atoms with Crippen molar-refractivity contribution in [2.24, 2.45) is 0 Å². The SMILES string of the molecule is c1ccc(-c2ncn(CCCCN3CCCC3)c2-c2cccnc2)cc1. The van der Waals surface area contributed by atoms with Gasteiger partial charge < -0.3 is 9.47 Å². The summed E-state index contributed by atoms with van der Waals surface area (Å²) < 4.78 is 2.29. The van der Waals surface area contributed by atoms with Crippen molar-refractivity contribution >= 4 is 0 Å². The number of pyridine rings is 1. The number of unbranched alkanes of at least 4 members (excludes halogenated alkanes) is 1. The van der Waals surface area contributed by atoms with E-state index in [1.54, 1.807) is 0 Å². The maximum absolute atomic E-state index is 4.74. The van der Waals surface area contributed by atoms with Crippen LogP contribution in [0.5, 0.6) is 0 Å². The summed E-state index contributed by atoms with van der Waals surface area (Å²) in [5.74, 6) is 0. The second-order valence-electron chi connectivity index (χ2n) is 7.00. The molecular formula is C22H26N4. The van der Waals surface area contributed by atoms with E-state index in [1.807, 2.05) is 30.9 Å². The van der Waals surface area contributed by atoms with Gasteiger partial charge in [-0.05, 0) is 57.5 Å². The molecule has 1 aliphatic rings. The fourth-order valence-electron chi connectivity index (χ4n) is 3.79. The third kappa shape index (κ3) is 3.86. The van der Waals surface area contributed by atoms with Gasteiger partial charge in [-0.3, -0.25) is 4.98 Å². The number of hydrogen-bond donors (Lipinski definition) is 0. The lowest BCUT2D eigenvalue weighted by molar-refractivity contribution is 0.326. The van der Waals surface area contributed by atoms with E-state index in [0.717, 1.165) is 23.4 Å². The molecule has 3 aromatic rings. The first-order valence-electron chi connectivity index (χ1n) is 9.65. The molecule has 0 aliphatic carbocycles. The minimum absolute atomic E-state index is 0.998. The highest BCUT2D eigenvalue weighted by atomic mass is 15.1. The van der Waals surface area contributed by atoms with Crippen LogP contribution in [0.1, 0.15) is 25.7 Å². The van der Waals surface area contributed by atoms with Crippen molar-refractivity contribution in [2.75, 3.05) is 19.6 Å². The fourth-order valence-corrected chi connectivity index (χ4v) is 3.79. The molecule has 0 unspecified atom stereocenters. The Morgan fingerprint density at radius 3 is 2.38 bits per heavy atom. The van der Waals surface area contributed by atoms with Crippen LogP contribution in [0, 0.1) is 0 Å². The summed E-state index contributed by atoms with van der Waals surface area (Å²) in [5, 5.41) is 0. The van der Waals surface area contributed by atoms with Gasteiger partial charge >= 0.3 is 0 Å². The first-order valence-corrected chi connectivity index (χ1v) is 9.65. The minimum Gasteiger partial charge on any atom is -0.330 e. The largest absolute Gasteiger partial charge is 0.330 e. The normalized spacial score (nSPS) is 14.8. The molecule has 1 aromatic carbocycles. The predicted octanol–water partition coefficient (Wildman–Crippen LogP) is 4.49. The van der Waals surface area contributed by atoms with Crippen LogP contribution >= 0.6 is 0 Å². The van der Waals surface area contributed by atoms with E-state index in [9.17, 15) is 0 Å². The summed E-state index contributed by atoms with van der Waals surface area (Å²) in [5.41, 5.74) is 4.49. The molecule has 4 heteroatoms. The third-order valence-electron chi connectivity index (χ3n) is 5.14. The summed E-state index contributed by atoms with van der Waals surface area (Å²) in [6.07, 6.45) is 10.9. The van der Waals surface area contributed by atoms with Crippen molar-refractivity contribution in [3.8, 4) is 22.5 Å². The highest BCUT2D eigenvalue weighted by Gasteiger charge is 2.15. The fraction of sp³-hybridized carbons (Fsp3) is 0.364. The van der Waals surface area contributed by atoms with Crippen LogP contribution in [0.4, 0.5) is 0 Å². The van der Waals surface area contributed by atoms with E-state index in [2.05, 4.69) is 44.8 Å². The van der Waals surface area contributed by atoms with Gasteiger partial charge in [-0.1, -0.05) is 30.3 Å². The zero-order valence-corrected chi connectivity index (χ0v) is 15.2. The van der Waals surface area contributed by atoms with Gasteiger partial charge in [0.2, 0.25) is 0 Å². The lowest BCUT2D eigenvalue weighted by Crippen LogP contribution is -2.20. The summed E-state index contributed by atoms with van der Waals surface area (Å²) >= 11 is 0. The van der Waals surface area contributed by atoms with Crippen molar-refractivity contribution in [1.82, 2.24) is 19.4 Å². The second-order valence-corrected chi connectivity index (χ2v) is 7.00. The van der Waals surface area contributed by atoms with E-state index >= 15 is 0 Å². The number of likely N-dealkylation sites (tertiary alicyclic amines) is 1. The van der Waals surface area contributed by atoms with E-state index in [1.165, 1.54) is 51.0 Å². The summed E-state index contributed by atoms with van der Waals surface area (Å²) in [4.78, 5) is 11.6. The number of imidazole rings is 1. The highest BCUT2D eigenvalue weighted by Crippen LogP contribution is 2.30. The molecule has 0 bridgehead atoms. The molecule has 1 saturated heterocycles. The molecule has 134 valence electrons. The van der Waals surface area contributed by atoms with Crippen LogP contribution in [-0.4, -0.2) is 39.1 Å². The maximum atomic E-state index is 4.74. The molecule has 4 nitrogen and oxygen atoms in total. The molecule has 0 atom stereocenters. The van der Waals surface area contributed by atoms with Gasteiger partial charge in [0.15, 0.2) is 0 Å². The quantitative estimate of drug-likeness (QED) is 0.591. The molecule has 0 N–H and O–H groups in total. The van der Waals surface area contributed by atoms with Gasteiger partial charge in [-0.15, -0.1) is 0 Å². The molecular weight excluding hydrogens is 320 g/mol.